The molecule has 2 rings (SSSR count). The van der Waals surface area contributed by atoms with Crippen molar-refractivity contribution in [3.8, 4) is 0 Å². The van der Waals surface area contributed by atoms with E-state index in [0.717, 1.165) is 6.61 Å². The van der Waals surface area contributed by atoms with Gasteiger partial charge in [-0.05, 0) is 50.4 Å². The molecule has 0 aromatic carbocycles. The lowest BCUT2D eigenvalue weighted by molar-refractivity contribution is 0.0995. The first-order chi connectivity index (χ1) is 7.41. The van der Waals surface area contributed by atoms with Gasteiger partial charge in [0.1, 0.15) is 0 Å². The molecule has 0 amide bonds. The molecule has 1 nitrogen and oxygen atoms in total. The largest absolute Gasteiger partial charge is 0.370 e. The van der Waals surface area contributed by atoms with Gasteiger partial charge in [0.15, 0.2) is 0 Å². The van der Waals surface area contributed by atoms with E-state index in [-0.39, 0.29) is 11.0 Å². The first-order valence-electron chi connectivity index (χ1n) is 6.34. The zero-order chi connectivity index (χ0) is 12.0. The molecule has 4 atom stereocenters. The van der Waals surface area contributed by atoms with E-state index < -0.39 is 0 Å². The maximum absolute atomic E-state index is 5.61. The molecule has 0 N–H and O–H groups in total. The van der Waals surface area contributed by atoms with Gasteiger partial charge in [-0.1, -0.05) is 25.2 Å². The molecule has 1 saturated heterocycles. The average Bonchev–Trinajstić information content (AvgIpc) is 2.97. The second-order valence-electron chi connectivity index (χ2n) is 6.18. The van der Waals surface area contributed by atoms with Gasteiger partial charge in [0.25, 0.3) is 0 Å². The lowest BCUT2D eigenvalue weighted by atomic mass is 9.60. The van der Waals surface area contributed by atoms with Crippen molar-refractivity contribution in [3.05, 3.63) is 24.8 Å². The minimum absolute atomic E-state index is 0.177. The van der Waals surface area contributed by atoms with Crippen LogP contribution < -0.4 is 0 Å². The molecule has 0 radical (unpaired) electrons. The molecule has 0 aromatic heterocycles. The van der Waals surface area contributed by atoms with Crippen molar-refractivity contribution >= 4 is 0 Å². The normalized spacial score (nSPS) is 47.4. The van der Waals surface area contributed by atoms with Crippen LogP contribution in [-0.4, -0.2) is 12.2 Å². The summed E-state index contributed by atoms with van der Waals surface area (Å²) >= 11 is 0. The lowest BCUT2D eigenvalue weighted by Crippen LogP contribution is -2.37. The Balaban J connectivity index is 2.15. The fourth-order valence-electron chi connectivity index (χ4n) is 3.24. The van der Waals surface area contributed by atoms with Crippen molar-refractivity contribution in [2.24, 2.45) is 17.3 Å². The summed E-state index contributed by atoms with van der Waals surface area (Å²) in [6.45, 7) is 15.9. The van der Waals surface area contributed by atoms with Gasteiger partial charge in [-0.3, -0.25) is 0 Å². The number of ether oxygens (including phenoxy) is 1. The molecule has 1 heterocycles. The third kappa shape index (κ3) is 1.86. The van der Waals surface area contributed by atoms with Gasteiger partial charge in [-0.15, -0.1) is 6.58 Å². The Kier molecular flexibility index (Phi) is 2.78. The van der Waals surface area contributed by atoms with Crippen molar-refractivity contribution in [3.63, 3.8) is 0 Å². The Hall–Kier alpha value is -0.560. The fourth-order valence-corrected chi connectivity index (χ4v) is 3.24. The van der Waals surface area contributed by atoms with E-state index in [1.807, 2.05) is 0 Å². The minimum Gasteiger partial charge on any atom is -0.370 e. The monoisotopic (exact) mass is 220 g/mol. The Labute approximate surface area is 99.6 Å². The Morgan fingerprint density at radius 3 is 2.50 bits per heavy atom. The van der Waals surface area contributed by atoms with Crippen LogP contribution in [0.4, 0.5) is 0 Å². The maximum Gasteiger partial charge on any atom is 0.0916 e. The van der Waals surface area contributed by atoms with E-state index in [0.29, 0.717) is 11.8 Å². The molecular weight excluding hydrogens is 196 g/mol. The van der Waals surface area contributed by atoms with Gasteiger partial charge in [0.2, 0.25) is 0 Å². The molecule has 0 aromatic rings. The van der Waals surface area contributed by atoms with E-state index in [1.165, 1.54) is 24.8 Å². The van der Waals surface area contributed by atoms with E-state index in [2.05, 4.69) is 40.0 Å². The van der Waals surface area contributed by atoms with Crippen LogP contribution >= 0.6 is 0 Å². The Bertz CT molecular complexity index is 313. The number of epoxide rings is 1. The summed E-state index contributed by atoms with van der Waals surface area (Å²) < 4.78 is 5.61. The smallest absolute Gasteiger partial charge is 0.0916 e. The minimum atomic E-state index is 0.177. The predicted molar refractivity (Wildman–Crippen MR) is 68.3 cm³/mol. The SMILES string of the molecule is C=CC1(C)CCC(C2(C)CO2)CC1C(=C)C. The van der Waals surface area contributed by atoms with Gasteiger partial charge < -0.3 is 4.74 Å². The summed E-state index contributed by atoms with van der Waals surface area (Å²) in [6.07, 6.45) is 5.84. The van der Waals surface area contributed by atoms with E-state index >= 15 is 0 Å². The summed E-state index contributed by atoms with van der Waals surface area (Å²) in [5.74, 6) is 1.28. The van der Waals surface area contributed by atoms with Crippen molar-refractivity contribution in [2.75, 3.05) is 6.61 Å². The van der Waals surface area contributed by atoms with Gasteiger partial charge in [0, 0.05) is 0 Å². The van der Waals surface area contributed by atoms with E-state index in [4.69, 9.17) is 4.74 Å². The highest BCUT2D eigenvalue weighted by Crippen LogP contribution is 2.52. The molecule has 2 aliphatic rings. The quantitative estimate of drug-likeness (QED) is 0.518. The summed E-state index contributed by atoms with van der Waals surface area (Å²) in [4.78, 5) is 0. The maximum atomic E-state index is 5.61. The van der Waals surface area contributed by atoms with Crippen LogP contribution in [-0.2, 0) is 4.74 Å². The molecule has 1 saturated carbocycles. The molecule has 2 fully saturated rings. The summed E-state index contributed by atoms with van der Waals surface area (Å²) in [6, 6.07) is 0. The zero-order valence-electron chi connectivity index (χ0n) is 10.9. The summed E-state index contributed by atoms with van der Waals surface area (Å²) in [5.41, 5.74) is 1.72. The molecule has 1 heteroatoms. The highest BCUT2D eigenvalue weighted by Gasteiger charge is 2.51. The predicted octanol–water partition coefficient (Wildman–Crippen LogP) is 3.96. The number of hydrogen-bond donors (Lipinski definition) is 0. The number of rotatable bonds is 3. The van der Waals surface area contributed by atoms with Crippen LogP contribution in [0, 0.1) is 17.3 Å². The van der Waals surface area contributed by atoms with Crippen molar-refractivity contribution in [1.29, 1.82) is 0 Å². The van der Waals surface area contributed by atoms with Gasteiger partial charge in [-0.25, -0.2) is 0 Å². The second-order valence-corrected chi connectivity index (χ2v) is 6.18. The molecule has 4 unspecified atom stereocenters. The van der Waals surface area contributed by atoms with Crippen LogP contribution in [0.1, 0.15) is 40.0 Å². The Morgan fingerprint density at radius 2 is 2.06 bits per heavy atom. The van der Waals surface area contributed by atoms with Crippen LogP contribution in [0.15, 0.2) is 24.8 Å². The van der Waals surface area contributed by atoms with Gasteiger partial charge in [-0.2, -0.15) is 0 Å². The molecule has 16 heavy (non-hydrogen) atoms. The highest BCUT2D eigenvalue weighted by atomic mass is 16.6. The molecule has 0 bridgehead atoms. The third-order valence-electron chi connectivity index (χ3n) is 4.87. The molecule has 0 spiro atoms. The zero-order valence-corrected chi connectivity index (χ0v) is 10.9. The van der Waals surface area contributed by atoms with Crippen molar-refractivity contribution in [1.82, 2.24) is 0 Å². The highest BCUT2D eigenvalue weighted by molar-refractivity contribution is 5.14. The van der Waals surface area contributed by atoms with Gasteiger partial charge in [0.05, 0.1) is 12.2 Å². The molecular formula is C15H24O. The topological polar surface area (TPSA) is 12.5 Å². The van der Waals surface area contributed by atoms with Crippen LogP contribution in [0.3, 0.4) is 0 Å². The van der Waals surface area contributed by atoms with Crippen LogP contribution in [0.5, 0.6) is 0 Å². The first-order valence-corrected chi connectivity index (χ1v) is 6.34. The standard InChI is InChI=1S/C15H24O/c1-6-14(4)8-7-12(15(5)10-16-15)9-13(14)11(2)3/h6,12-13H,1-2,7-10H2,3-5H3. The van der Waals surface area contributed by atoms with E-state index in [1.54, 1.807) is 0 Å². The lowest BCUT2D eigenvalue weighted by Gasteiger charge is -2.44. The molecule has 1 aliphatic heterocycles. The van der Waals surface area contributed by atoms with Gasteiger partial charge >= 0.3 is 0 Å². The van der Waals surface area contributed by atoms with Crippen LogP contribution in [0.2, 0.25) is 0 Å². The van der Waals surface area contributed by atoms with Crippen LogP contribution in [0.25, 0.3) is 0 Å². The van der Waals surface area contributed by atoms with E-state index in [9.17, 15) is 0 Å². The third-order valence-corrected chi connectivity index (χ3v) is 4.87. The second kappa shape index (κ2) is 3.73. The number of hydrogen-bond acceptors (Lipinski definition) is 1. The molecule has 1 aliphatic carbocycles. The first kappa shape index (κ1) is 11.9. The van der Waals surface area contributed by atoms with Crippen molar-refractivity contribution < 1.29 is 4.74 Å². The Morgan fingerprint density at radius 1 is 1.44 bits per heavy atom. The average molecular weight is 220 g/mol. The van der Waals surface area contributed by atoms with Crippen molar-refractivity contribution in [2.45, 2.75) is 45.6 Å². The summed E-state index contributed by atoms with van der Waals surface area (Å²) in [7, 11) is 0. The number of allylic oxidation sites excluding steroid dienone is 2. The summed E-state index contributed by atoms with van der Waals surface area (Å²) in [5, 5.41) is 0. The molecule has 90 valence electrons. The fraction of sp³-hybridized carbons (Fsp3) is 0.733.